The molecule has 0 saturated carbocycles. The van der Waals surface area contributed by atoms with Crippen LogP contribution in [0.2, 0.25) is 0 Å². The third kappa shape index (κ3) is 3.54. The Kier molecular flexibility index (Phi) is 5.55. The number of fused-ring (bicyclic) bond motifs is 3. The van der Waals surface area contributed by atoms with Crippen molar-refractivity contribution in [1.82, 2.24) is 9.97 Å². The predicted molar refractivity (Wildman–Crippen MR) is 93.4 cm³/mol. The van der Waals surface area contributed by atoms with E-state index in [9.17, 15) is 0 Å². The second kappa shape index (κ2) is 7.46. The van der Waals surface area contributed by atoms with Crippen molar-refractivity contribution in [1.29, 1.82) is 0 Å². The number of nitrogens with zero attached hydrogens (tertiary/aromatic N) is 2. The van der Waals surface area contributed by atoms with Crippen LogP contribution in [0.3, 0.4) is 0 Å². The van der Waals surface area contributed by atoms with E-state index in [1.165, 1.54) is 32.9 Å². The molecule has 0 N–H and O–H groups in total. The van der Waals surface area contributed by atoms with Crippen LogP contribution in [0.15, 0.2) is 6.33 Å². The second-order valence-corrected chi connectivity index (χ2v) is 8.69. The molecule has 0 saturated heterocycles. The van der Waals surface area contributed by atoms with Gasteiger partial charge >= 0.3 is 151 Å². The normalized spacial score (nSPS) is 18.1. The Bertz CT molecular complexity index is 712. The maximum atomic E-state index is 6.30. The van der Waals surface area contributed by atoms with Crippen LogP contribution in [0.4, 0.5) is 0 Å². The monoisotopic (exact) mass is 367 g/mol. The third-order valence-electron chi connectivity index (χ3n) is 4.58. The van der Waals surface area contributed by atoms with Crippen LogP contribution < -0.4 is 4.74 Å². The quantitative estimate of drug-likeness (QED) is 0.705. The van der Waals surface area contributed by atoms with Gasteiger partial charge in [-0.15, -0.1) is 0 Å². The van der Waals surface area contributed by atoms with Crippen LogP contribution in [-0.4, -0.2) is 20.3 Å². The molecule has 3 rings (SSSR count). The fraction of sp³-hybridized carbons (Fsp3) is 0.611. The van der Waals surface area contributed by atoms with Crippen LogP contribution in [-0.2, 0) is 23.4 Å². The Labute approximate surface area is 151 Å². The molecule has 0 spiro atoms. The van der Waals surface area contributed by atoms with Gasteiger partial charge in [0, 0.05) is 0 Å². The molecule has 0 aliphatic heterocycles. The van der Waals surface area contributed by atoms with Gasteiger partial charge in [-0.05, 0) is 0 Å². The Morgan fingerprint density at radius 3 is 2.96 bits per heavy atom. The fourth-order valence-corrected chi connectivity index (χ4v) is 5.09. The molecule has 1 aliphatic rings. The Morgan fingerprint density at radius 1 is 1.43 bits per heavy atom. The molecule has 0 unspecified atom stereocenters. The molecular formula is C18H24N2OSV. The van der Waals surface area contributed by atoms with Crippen molar-refractivity contribution in [2.75, 3.05) is 0 Å². The molecule has 0 radical (unpaired) electrons. The van der Waals surface area contributed by atoms with Crippen LogP contribution >= 0.6 is 11.3 Å². The van der Waals surface area contributed by atoms with Gasteiger partial charge in [0.2, 0.25) is 0 Å². The zero-order valence-corrected chi connectivity index (χ0v) is 16.3. The van der Waals surface area contributed by atoms with Crippen molar-refractivity contribution >= 4 is 25.8 Å². The number of hydrogen-bond acceptors (Lipinski definition) is 4. The molecule has 0 amide bonds. The summed E-state index contributed by atoms with van der Waals surface area (Å²) >= 11 is 4.53. The Hall–Kier alpha value is -0.706. The number of hydrogen-bond donors (Lipinski definition) is 0. The first-order valence-electron chi connectivity index (χ1n) is 8.58. The first-order chi connectivity index (χ1) is 11.1. The fourth-order valence-electron chi connectivity index (χ4n) is 3.52. The molecule has 0 fully saturated rings. The average Bonchev–Trinajstić information content (AvgIpc) is 3.06. The molecule has 1 aliphatic carbocycles. The molecule has 0 bridgehead atoms. The molecule has 2 aromatic heterocycles. The van der Waals surface area contributed by atoms with Crippen molar-refractivity contribution in [3.63, 3.8) is 0 Å². The summed E-state index contributed by atoms with van der Waals surface area (Å²) in [5.41, 5.74) is 1.47. The number of ether oxygens (including phenoxy) is 1. The number of aryl methyl sites for hydroxylation is 1. The van der Waals surface area contributed by atoms with Crippen molar-refractivity contribution in [3.8, 4) is 5.88 Å². The van der Waals surface area contributed by atoms with E-state index in [-0.39, 0.29) is 6.10 Å². The first kappa shape index (κ1) is 17.1. The summed E-state index contributed by atoms with van der Waals surface area (Å²) in [6, 6.07) is 0. The van der Waals surface area contributed by atoms with Gasteiger partial charge in [0.1, 0.15) is 0 Å². The van der Waals surface area contributed by atoms with Crippen LogP contribution in [0, 0.1) is 0 Å². The van der Waals surface area contributed by atoms with Crippen molar-refractivity contribution < 1.29 is 21.7 Å². The van der Waals surface area contributed by atoms with E-state index in [2.05, 4.69) is 47.7 Å². The van der Waals surface area contributed by atoms with Gasteiger partial charge < -0.3 is 0 Å². The van der Waals surface area contributed by atoms with Crippen molar-refractivity contribution in [2.24, 2.45) is 0 Å². The number of thiophene rings is 1. The average molecular weight is 367 g/mol. The summed E-state index contributed by atoms with van der Waals surface area (Å²) in [6.45, 7) is 6.60. The predicted octanol–water partition coefficient (Wildman–Crippen LogP) is 4.81. The molecule has 3 nitrogen and oxygen atoms in total. The second-order valence-electron chi connectivity index (χ2n) is 6.41. The first-order valence-corrected chi connectivity index (χ1v) is 10.1. The Morgan fingerprint density at radius 2 is 2.26 bits per heavy atom. The van der Waals surface area contributed by atoms with Crippen LogP contribution in [0.25, 0.3) is 10.2 Å². The van der Waals surface area contributed by atoms with Gasteiger partial charge in [-0.1, -0.05) is 0 Å². The van der Waals surface area contributed by atoms with Crippen molar-refractivity contribution in [3.05, 3.63) is 16.8 Å². The molecule has 5 heteroatoms. The summed E-state index contributed by atoms with van der Waals surface area (Å²) in [4.78, 5) is 11.6. The molecule has 2 heterocycles. The molecule has 123 valence electrons. The molecular weight excluding hydrogens is 343 g/mol. The van der Waals surface area contributed by atoms with E-state index < -0.39 is 0 Å². The van der Waals surface area contributed by atoms with Gasteiger partial charge in [-0.2, -0.15) is 0 Å². The van der Waals surface area contributed by atoms with Crippen molar-refractivity contribution in [2.45, 2.75) is 71.3 Å². The maximum absolute atomic E-state index is 6.30. The standard InChI is InChI=1S/C18H24N2OS.V/c1-4-7-12-9-10-14-15(12)16-17(19-11-20-18(16)22-14)21-13(6-3)8-5-2;/h11-13H,5-10H2,1-3H3;/t12-,13+;/m0./s1. The third-order valence-corrected chi connectivity index (χ3v) is 6.04. The minimum atomic E-state index is 0.254. The van der Waals surface area contributed by atoms with E-state index in [4.69, 9.17) is 4.74 Å². The minimum absolute atomic E-state index is 0.254. The molecule has 23 heavy (non-hydrogen) atoms. The van der Waals surface area contributed by atoms with Gasteiger partial charge in [-0.3, -0.25) is 0 Å². The summed E-state index contributed by atoms with van der Waals surface area (Å²) in [6.07, 6.45) is 8.71. The van der Waals surface area contributed by atoms with E-state index in [1.54, 1.807) is 6.33 Å². The van der Waals surface area contributed by atoms with E-state index >= 15 is 0 Å². The van der Waals surface area contributed by atoms with Gasteiger partial charge in [0.05, 0.1) is 0 Å². The van der Waals surface area contributed by atoms with Gasteiger partial charge in [0.25, 0.3) is 0 Å². The summed E-state index contributed by atoms with van der Waals surface area (Å²) < 4.78 is 7.74. The van der Waals surface area contributed by atoms with E-state index in [1.807, 2.05) is 11.3 Å². The van der Waals surface area contributed by atoms with Gasteiger partial charge in [-0.25, -0.2) is 0 Å². The topological polar surface area (TPSA) is 35.0 Å². The summed E-state index contributed by atoms with van der Waals surface area (Å²) in [5, 5.41) is 1.19. The Balaban J connectivity index is 2.01. The van der Waals surface area contributed by atoms with E-state index in [0.29, 0.717) is 5.92 Å². The number of rotatable bonds is 7. The molecule has 0 aromatic carbocycles. The van der Waals surface area contributed by atoms with E-state index in [0.717, 1.165) is 36.4 Å². The summed E-state index contributed by atoms with van der Waals surface area (Å²) in [5.74, 6) is 1.41. The van der Waals surface area contributed by atoms with Crippen LogP contribution in [0.1, 0.15) is 69.2 Å². The number of aromatic nitrogens is 2. The SMILES string of the molecule is CCC[C@@H](CC)Oc1ncnc2sc3c(c12)[C@@H](C[C](C)=[V])CC3. The zero-order chi connectivity index (χ0) is 16.4. The summed E-state index contributed by atoms with van der Waals surface area (Å²) in [7, 11) is 0. The zero-order valence-electron chi connectivity index (χ0n) is 14.1. The van der Waals surface area contributed by atoms with Crippen LogP contribution in [0.5, 0.6) is 5.88 Å². The van der Waals surface area contributed by atoms with Gasteiger partial charge in [0.15, 0.2) is 0 Å². The molecule has 2 aromatic rings. The molecule has 2 atom stereocenters.